The molecule has 0 radical (unpaired) electrons. The molecule has 0 aliphatic carbocycles. The van der Waals surface area contributed by atoms with Crippen LogP contribution in [0.15, 0.2) is 12.7 Å². The van der Waals surface area contributed by atoms with E-state index in [1.807, 2.05) is 4.90 Å². The molecule has 0 aromatic rings. The van der Waals surface area contributed by atoms with Crippen molar-refractivity contribution in [3.8, 4) is 0 Å². The quantitative estimate of drug-likeness (QED) is 0.734. The molecule has 1 amide bonds. The molecule has 0 saturated carbocycles. The van der Waals surface area contributed by atoms with Gasteiger partial charge in [-0.1, -0.05) is 19.4 Å². The van der Waals surface area contributed by atoms with Crippen molar-refractivity contribution in [1.29, 1.82) is 0 Å². The van der Waals surface area contributed by atoms with Gasteiger partial charge in [0.1, 0.15) is 0 Å². The van der Waals surface area contributed by atoms with Crippen LogP contribution in [0.4, 0.5) is 0 Å². The van der Waals surface area contributed by atoms with Crippen LogP contribution in [0.5, 0.6) is 0 Å². The van der Waals surface area contributed by atoms with Crippen molar-refractivity contribution in [1.82, 2.24) is 4.90 Å². The minimum Gasteiger partial charge on any atom is -0.390 e. The summed E-state index contributed by atoms with van der Waals surface area (Å²) in [6.07, 6.45) is 7.00. The number of allylic oxidation sites excluding steroid dienone is 1. The van der Waals surface area contributed by atoms with Gasteiger partial charge in [0.2, 0.25) is 5.91 Å². The molecular weight excluding hydrogens is 266 g/mol. The molecule has 4 nitrogen and oxygen atoms in total. The Morgan fingerprint density at radius 3 is 2.95 bits per heavy atom. The minimum absolute atomic E-state index is 0.0181. The number of rotatable bonds is 7. The van der Waals surface area contributed by atoms with E-state index in [0.717, 1.165) is 45.3 Å². The summed E-state index contributed by atoms with van der Waals surface area (Å²) in [6, 6.07) is 0. The third kappa shape index (κ3) is 3.86. The van der Waals surface area contributed by atoms with Crippen LogP contribution in [0.1, 0.15) is 45.4 Å². The lowest BCUT2D eigenvalue weighted by Crippen LogP contribution is -2.41. The van der Waals surface area contributed by atoms with Gasteiger partial charge in [0.25, 0.3) is 0 Å². The van der Waals surface area contributed by atoms with E-state index in [-0.39, 0.29) is 23.8 Å². The number of hydrogen-bond acceptors (Lipinski definition) is 3. The molecule has 0 spiro atoms. The fourth-order valence-electron chi connectivity index (χ4n) is 3.55. The smallest absolute Gasteiger partial charge is 0.226 e. The van der Waals surface area contributed by atoms with E-state index in [1.165, 1.54) is 0 Å². The van der Waals surface area contributed by atoms with Crippen molar-refractivity contribution < 1.29 is 14.6 Å². The number of aliphatic hydroxyl groups is 1. The van der Waals surface area contributed by atoms with Gasteiger partial charge in [0.15, 0.2) is 0 Å². The van der Waals surface area contributed by atoms with Crippen molar-refractivity contribution in [3.05, 3.63) is 12.7 Å². The van der Waals surface area contributed by atoms with Crippen LogP contribution in [0, 0.1) is 11.8 Å². The summed E-state index contributed by atoms with van der Waals surface area (Å²) >= 11 is 0. The van der Waals surface area contributed by atoms with Crippen molar-refractivity contribution in [3.63, 3.8) is 0 Å². The number of carbonyl (C=O) groups is 1. The maximum absolute atomic E-state index is 12.5. The number of likely N-dealkylation sites (tertiary alicyclic amines) is 1. The highest BCUT2D eigenvalue weighted by Crippen LogP contribution is 2.34. The van der Waals surface area contributed by atoms with E-state index in [9.17, 15) is 9.90 Å². The fraction of sp³-hybridized carbons (Fsp3) is 0.824. The Labute approximate surface area is 128 Å². The lowest BCUT2D eigenvalue weighted by atomic mass is 9.84. The Morgan fingerprint density at radius 1 is 1.52 bits per heavy atom. The van der Waals surface area contributed by atoms with E-state index in [4.69, 9.17) is 4.74 Å². The van der Waals surface area contributed by atoms with Crippen molar-refractivity contribution >= 4 is 5.91 Å². The topological polar surface area (TPSA) is 49.8 Å². The highest BCUT2D eigenvalue weighted by atomic mass is 16.5. The van der Waals surface area contributed by atoms with Crippen LogP contribution in [-0.2, 0) is 9.53 Å². The fourth-order valence-corrected chi connectivity index (χ4v) is 3.55. The summed E-state index contributed by atoms with van der Waals surface area (Å²) in [6.45, 7) is 8.10. The van der Waals surface area contributed by atoms with Crippen LogP contribution in [0.3, 0.4) is 0 Å². The number of amides is 1. The maximum Gasteiger partial charge on any atom is 0.226 e. The van der Waals surface area contributed by atoms with Gasteiger partial charge in [0.05, 0.1) is 12.2 Å². The summed E-state index contributed by atoms with van der Waals surface area (Å²) < 4.78 is 5.72. The summed E-state index contributed by atoms with van der Waals surface area (Å²) in [7, 11) is 0. The third-order valence-corrected chi connectivity index (χ3v) is 4.81. The largest absolute Gasteiger partial charge is 0.390 e. The molecular formula is C17H29NO3. The predicted molar refractivity (Wildman–Crippen MR) is 82.9 cm³/mol. The van der Waals surface area contributed by atoms with Gasteiger partial charge in [-0.25, -0.2) is 0 Å². The molecule has 2 saturated heterocycles. The third-order valence-electron chi connectivity index (χ3n) is 4.81. The van der Waals surface area contributed by atoms with Crippen LogP contribution in [-0.4, -0.2) is 47.8 Å². The van der Waals surface area contributed by atoms with Crippen LogP contribution in [0.2, 0.25) is 0 Å². The first-order valence-corrected chi connectivity index (χ1v) is 8.38. The maximum atomic E-state index is 12.5. The van der Waals surface area contributed by atoms with Gasteiger partial charge in [-0.05, 0) is 32.1 Å². The Bertz CT molecular complexity index is 352. The van der Waals surface area contributed by atoms with Crippen LogP contribution in [0.25, 0.3) is 0 Å². The number of unbranched alkanes of at least 4 members (excludes halogenated alkanes) is 1. The van der Waals surface area contributed by atoms with Crippen molar-refractivity contribution in [2.45, 2.75) is 57.7 Å². The lowest BCUT2D eigenvalue weighted by Gasteiger charge is -2.32. The monoisotopic (exact) mass is 295 g/mol. The van der Waals surface area contributed by atoms with E-state index < -0.39 is 6.10 Å². The molecule has 21 heavy (non-hydrogen) atoms. The molecule has 2 rings (SSSR count). The van der Waals surface area contributed by atoms with Crippen molar-refractivity contribution in [2.75, 3.05) is 19.7 Å². The normalized spacial score (nSPS) is 31.4. The van der Waals surface area contributed by atoms with Gasteiger partial charge in [-0.2, -0.15) is 0 Å². The Balaban J connectivity index is 2.03. The number of nitrogens with zero attached hydrogens (tertiary/aromatic N) is 1. The van der Waals surface area contributed by atoms with Gasteiger partial charge in [-0.3, -0.25) is 4.79 Å². The summed E-state index contributed by atoms with van der Waals surface area (Å²) in [4.78, 5) is 14.5. The van der Waals surface area contributed by atoms with Gasteiger partial charge < -0.3 is 14.7 Å². The molecule has 1 N–H and O–H groups in total. The van der Waals surface area contributed by atoms with Crippen LogP contribution < -0.4 is 0 Å². The average Bonchev–Trinajstić information content (AvgIpc) is 2.83. The van der Waals surface area contributed by atoms with Gasteiger partial charge in [0, 0.05) is 31.5 Å². The first kappa shape index (κ1) is 16.5. The lowest BCUT2D eigenvalue weighted by molar-refractivity contribution is -0.132. The molecule has 2 heterocycles. The Kier molecular flexibility index (Phi) is 6.24. The molecule has 2 aliphatic heterocycles. The number of hydrogen-bond donors (Lipinski definition) is 1. The average molecular weight is 295 g/mol. The second kappa shape index (κ2) is 7.95. The standard InChI is InChI=1S/C17H29NO3/c1-3-5-10-18-12-14(13(8-4-2)17(18)20)16(19)15-9-6-7-11-21-15/h4,13-16,19H,2-3,5-12H2,1H3. The summed E-state index contributed by atoms with van der Waals surface area (Å²) in [5.41, 5.74) is 0. The molecule has 4 atom stereocenters. The number of ether oxygens (including phenoxy) is 1. The zero-order valence-corrected chi connectivity index (χ0v) is 13.2. The predicted octanol–water partition coefficient (Wildman–Crippen LogP) is 2.37. The SMILES string of the molecule is C=CCC1C(=O)N(CCCC)CC1C(O)C1CCCCO1. The molecule has 4 unspecified atom stereocenters. The first-order valence-electron chi connectivity index (χ1n) is 8.38. The molecule has 2 fully saturated rings. The molecule has 0 bridgehead atoms. The van der Waals surface area contributed by atoms with E-state index in [1.54, 1.807) is 6.08 Å². The summed E-state index contributed by atoms with van der Waals surface area (Å²) in [5, 5.41) is 10.7. The van der Waals surface area contributed by atoms with Crippen LogP contribution >= 0.6 is 0 Å². The van der Waals surface area contributed by atoms with E-state index in [2.05, 4.69) is 13.5 Å². The second-order valence-corrected chi connectivity index (χ2v) is 6.33. The highest BCUT2D eigenvalue weighted by molar-refractivity contribution is 5.81. The molecule has 0 aromatic heterocycles. The molecule has 0 aromatic carbocycles. The van der Waals surface area contributed by atoms with Crippen molar-refractivity contribution in [2.24, 2.45) is 11.8 Å². The molecule has 120 valence electrons. The highest BCUT2D eigenvalue weighted by Gasteiger charge is 2.45. The number of carbonyl (C=O) groups excluding carboxylic acids is 1. The van der Waals surface area contributed by atoms with Gasteiger partial charge in [-0.15, -0.1) is 6.58 Å². The first-order chi connectivity index (χ1) is 10.2. The molecule has 2 aliphatic rings. The Hall–Kier alpha value is -0.870. The molecule has 4 heteroatoms. The number of aliphatic hydroxyl groups excluding tert-OH is 1. The zero-order valence-electron chi connectivity index (χ0n) is 13.2. The van der Waals surface area contributed by atoms with E-state index >= 15 is 0 Å². The second-order valence-electron chi connectivity index (χ2n) is 6.33. The van der Waals surface area contributed by atoms with E-state index in [0.29, 0.717) is 13.0 Å². The van der Waals surface area contributed by atoms with Gasteiger partial charge >= 0.3 is 0 Å². The minimum atomic E-state index is -0.536. The summed E-state index contributed by atoms with van der Waals surface area (Å²) in [5.74, 6) is 0.0403. The zero-order chi connectivity index (χ0) is 15.2. The Morgan fingerprint density at radius 2 is 2.33 bits per heavy atom.